The molecule has 1 atom stereocenters. The molecule has 0 heterocycles. The van der Waals surface area contributed by atoms with E-state index in [-0.39, 0.29) is 5.82 Å². The molecular weight excluding hydrogens is 181 g/mol. The van der Waals surface area contributed by atoms with Gasteiger partial charge in [0.05, 0.1) is 7.11 Å². The Bertz CT molecular complexity index is 301. The highest BCUT2D eigenvalue weighted by Crippen LogP contribution is 2.18. The summed E-state index contributed by atoms with van der Waals surface area (Å²) in [5, 5.41) is 3.11. The van der Waals surface area contributed by atoms with Gasteiger partial charge >= 0.3 is 0 Å². The number of likely N-dealkylation sites (N-methyl/N-ethyl adjacent to an activating group) is 1. The molecule has 0 aromatic heterocycles. The normalized spacial score (nSPS) is 12.6. The number of hydrogen-bond donors (Lipinski definition) is 1. The van der Waals surface area contributed by atoms with Crippen LogP contribution in [-0.4, -0.2) is 20.2 Å². The van der Waals surface area contributed by atoms with Crippen LogP contribution in [0.15, 0.2) is 18.2 Å². The highest BCUT2D eigenvalue weighted by atomic mass is 19.1. The Balaban J connectivity index is 2.76. The lowest BCUT2D eigenvalue weighted by Crippen LogP contribution is -2.23. The third kappa shape index (κ3) is 2.70. The lowest BCUT2D eigenvalue weighted by molar-refractivity contribution is 0.386. The van der Waals surface area contributed by atoms with Crippen molar-refractivity contribution in [2.24, 2.45) is 0 Å². The second kappa shape index (κ2) is 4.96. The summed E-state index contributed by atoms with van der Waals surface area (Å²) in [5.41, 5.74) is 0.977. The predicted octanol–water partition coefficient (Wildman–Crippen LogP) is 1.98. The van der Waals surface area contributed by atoms with Gasteiger partial charge in [-0.25, -0.2) is 4.39 Å². The summed E-state index contributed by atoms with van der Waals surface area (Å²) in [6.07, 6.45) is 0.817. The van der Waals surface area contributed by atoms with Gasteiger partial charge in [-0.2, -0.15) is 0 Å². The Hall–Kier alpha value is -1.09. The van der Waals surface area contributed by atoms with Gasteiger partial charge in [0.2, 0.25) is 0 Å². The molecule has 1 rings (SSSR count). The molecule has 0 amide bonds. The molecule has 0 saturated heterocycles. The third-order valence-electron chi connectivity index (χ3n) is 2.25. The molecule has 1 unspecified atom stereocenters. The molecule has 0 spiro atoms. The largest absolute Gasteiger partial charge is 0.494 e. The number of benzene rings is 1. The van der Waals surface area contributed by atoms with Crippen LogP contribution in [0.2, 0.25) is 0 Å². The van der Waals surface area contributed by atoms with Crippen LogP contribution in [0.25, 0.3) is 0 Å². The number of rotatable bonds is 4. The standard InChI is InChI=1S/C11H16FNO/c1-8(13-2)6-9-4-5-11(14-3)10(12)7-9/h4-5,7-8,13H,6H2,1-3H3. The van der Waals surface area contributed by atoms with E-state index in [2.05, 4.69) is 12.2 Å². The Morgan fingerprint density at radius 3 is 2.71 bits per heavy atom. The van der Waals surface area contributed by atoms with E-state index in [0.29, 0.717) is 11.8 Å². The maximum absolute atomic E-state index is 13.3. The van der Waals surface area contributed by atoms with Crippen LogP contribution in [0.3, 0.4) is 0 Å². The lowest BCUT2D eigenvalue weighted by Gasteiger charge is -2.10. The van der Waals surface area contributed by atoms with Crippen LogP contribution in [0.5, 0.6) is 5.75 Å². The van der Waals surface area contributed by atoms with E-state index >= 15 is 0 Å². The van der Waals surface area contributed by atoms with Crippen molar-refractivity contribution < 1.29 is 9.13 Å². The number of ether oxygens (including phenoxy) is 1. The van der Waals surface area contributed by atoms with Gasteiger partial charge in [-0.05, 0) is 38.1 Å². The summed E-state index contributed by atoms with van der Waals surface area (Å²) in [6.45, 7) is 2.06. The van der Waals surface area contributed by atoms with Crippen LogP contribution in [-0.2, 0) is 6.42 Å². The first-order valence-electron chi connectivity index (χ1n) is 4.67. The van der Waals surface area contributed by atoms with Crippen LogP contribution in [0, 0.1) is 5.82 Å². The van der Waals surface area contributed by atoms with E-state index in [9.17, 15) is 4.39 Å². The van der Waals surface area contributed by atoms with E-state index in [0.717, 1.165) is 12.0 Å². The number of hydrogen-bond acceptors (Lipinski definition) is 2. The average Bonchev–Trinajstić information content (AvgIpc) is 2.18. The Morgan fingerprint density at radius 2 is 2.21 bits per heavy atom. The summed E-state index contributed by atoms with van der Waals surface area (Å²) < 4.78 is 18.1. The molecule has 1 N–H and O–H groups in total. The Morgan fingerprint density at radius 1 is 1.50 bits per heavy atom. The molecule has 0 fully saturated rings. The van der Waals surface area contributed by atoms with Crippen molar-refractivity contribution in [2.45, 2.75) is 19.4 Å². The maximum atomic E-state index is 13.3. The van der Waals surface area contributed by atoms with Gasteiger partial charge in [0.25, 0.3) is 0 Å². The molecule has 0 radical (unpaired) electrons. The van der Waals surface area contributed by atoms with E-state index in [1.807, 2.05) is 13.1 Å². The third-order valence-corrected chi connectivity index (χ3v) is 2.25. The zero-order valence-electron chi connectivity index (χ0n) is 8.80. The molecule has 1 aromatic carbocycles. The van der Waals surface area contributed by atoms with Gasteiger partial charge in [-0.3, -0.25) is 0 Å². The van der Waals surface area contributed by atoms with Crippen molar-refractivity contribution in [1.29, 1.82) is 0 Å². The van der Waals surface area contributed by atoms with Crippen molar-refractivity contribution in [3.05, 3.63) is 29.6 Å². The molecule has 78 valence electrons. The van der Waals surface area contributed by atoms with Crippen LogP contribution in [0.1, 0.15) is 12.5 Å². The average molecular weight is 197 g/mol. The van der Waals surface area contributed by atoms with Gasteiger partial charge in [-0.1, -0.05) is 6.07 Å². The number of halogens is 1. The van der Waals surface area contributed by atoms with Gasteiger partial charge in [0.1, 0.15) is 0 Å². The number of methoxy groups -OCH3 is 1. The monoisotopic (exact) mass is 197 g/mol. The molecule has 14 heavy (non-hydrogen) atoms. The SMILES string of the molecule is CNC(C)Cc1ccc(OC)c(F)c1. The van der Waals surface area contributed by atoms with Gasteiger partial charge in [0.15, 0.2) is 11.6 Å². The number of nitrogens with one attached hydrogen (secondary N) is 1. The maximum Gasteiger partial charge on any atom is 0.165 e. The fourth-order valence-electron chi connectivity index (χ4n) is 1.29. The molecular formula is C11H16FNO. The van der Waals surface area contributed by atoms with Gasteiger partial charge < -0.3 is 10.1 Å². The molecule has 3 heteroatoms. The first-order chi connectivity index (χ1) is 6.67. The molecule has 0 aliphatic rings. The fourth-order valence-corrected chi connectivity index (χ4v) is 1.29. The van der Waals surface area contributed by atoms with Crippen molar-refractivity contribution >= 4 is 0 Å². The summed E-state index contributed by atoms with van der Waals surface area (Å²) >= 11 is 0. The van der Waals surface area contributed by atoms with Crippen molar-refractivity contribution in [2.75, 3.05) is 14.2 Å². The minimum Gasteiger partial charge on any atom is -0.494 e. The summed E-state index contributed by atoms with van der Waals surface area (Å²) in [6, 6.07) is 5.41. The molecule has 0 saturated carbocycles. The van der Waals surface area contributed by atoms with Crippen LogP contribution >= 0.6 is 0 Å². The molecule has 0 aliphatic carbocycles. The van der Waals surface area contributed by atoms with E-state index in [1.54, 1.807) is 6.07 Å². The quantitative estimate of drug-likeness (QED) is 0.797. The minimum atomic E-state index is -0.298. The van der Waals surface area contributed by atoms with E-state index < -0.39 is 0 Å². The lowest BCUT2D eigenvalue weighted by atomic mass is 10.1. The van der Waals surface area contributed by atoms with Gasteiger partial charge in [-0.15, -0.1) is 0 Å². The smallest absolute Gasteiger partial charge is 0.165 e. The fraction of sp³-hybridized carbons (Fsp3) is 0.455. The highest BCUT2D eigenvalue weighted by molar-refractivity contribution is 5.29. The summed E-state index contributed by atoms with van der Waals surface area (Å²) in [4.78, 5) is 0. The van der Waals surface area contributed by atoms with E-state index in [4.69, 9.17) is 4.74 Å². The Kier molecular flexibility index (Phi) is 3.89. The second-order valence-electron chi connectivity index (χ2n) is 3.36. The zero-order valence-corrected chi connectivity index (χ0v) is 8.80. The zero-order chi connectivity index (χ0) is 10.6. The minimum absolute atomic E-state index is 0.297. The molecule has 0 bridgehead atoms. The van der Waals surface area contributed by atoms with Crippen molar-refractivity contribution in [3.63, 3.8) is 0 Å². The first-order valence-corrected chi connectivity index (χ1v) is 4.67. The summed E-state index contributed by atoms with van der Waals surface area (Å²) in [7, 11) is 3.36. The van der Waals surface area contributed by atoms with Crippen LogP contribution in [0.4, 0.5) is 4.39 Å². The first kappa shape index (κ1) is 11.0. The van der Waals surface area contributed by atoms with Crippen molar-refractivity contribution in [1.82, 2.24) is 5.32 Å². The van der Waals surface area contributed by atoms with E-state index in [1.165, 1.54) is 13.2 Å². The Labute approximate surface area is 84.1 Å². The molecule has 1 aromatic rings. The second-order valence-corrected chi connectivity index (χ2v) is 3.36. The topological polar surface area (TPSA) is 21.3 Å². The molecule has 2 nitrogen and oxygen atoms in total. The highest BCUT2D eigenvalue weighted by Gasteiger charge is 2.05. The van der Waals surface area contributed by atoms with Crippen molar-refractivity contribution in [3.8, 4) is 5.75 Å². The predicted molar refractivity (Wildman–Crippen MR) is 55.2 cm³/mol. The van der Waals surface area contributed by atoms with Gasteiger partial charge in [0, 0.05) is 6.04 Å². The molecule has 0 aliphatic heterocycles. The van der Waals surface area contributed by atoms with Crippen LogP contribution < -0.4 is 10.1 Å². The summed E-state index contributed by atoms with van der Waals surface area (Å²) in [5.74, 6) is -0.000774.